The van der Waals surface area contributed by atoms with Crippen molar-refractivity contribution >= 4 is 28.6 Å². The van der Waals surface area contributed by atoms with E-state index in [2.05, 4.69) is 12.2 Å². The number of unbranched alkanes of at least 4 members (excludes halogenated alkanes) is 3. The molecular weight excluding hydrogens is 378 g/mol. The number of benzene rings is 2. The summed E-state index contributed by atoms with van der Waals surface area (Å²) >= 11 is 0. The Morgan fingerprint density at radius 1 is 1.10 bits per heavy atom. The molecule has 0 atom stereocenters. The van der Waals surface area contributed by atoms with Crippen molar-refractivity contribution in [2.75, 3.05) is 11.9 Å². The molecule has 30 heavy (non-hydrogen) atoms. The number of aryl methyl sites for hydroxylation is 1. The van der Waals surface area contributed by atoms with Crippen molar-refractivity contribution < 1.29 is 13.9 Å². The van der Waals surface area contributed by atoms with E-state index in [9.17, 15) is 9.59 Å². The predicted octanol–water partition coefficient (Wildman–Crippen LogP) is 5.71. The Morgan fingerprint density at radius 2 is 1.90 bits per heavy atom. The van der Waals surface area contributed by atoms with Gasteiger partial charge in [0.2, 0.25) is 5.91 Å². The highest BCUT2D eigenvalue weighted by Gasteiger charge is 2.06. The molecule has 1 amide bonds. The van der Waals surface area contributed by atoms with Gasteiger partial charge in [0, 0.05) is 11.8 Å². The SMILES string of the molecule is CCCCCCOc1ccc(NC(=O)/C=C/c2coc3ccc(C)cc3c2=O)cc1. The number of anilines is 1. The van der Waals surface area contributed by atoms with Gasteiger partial charge in [-0.2, -0.15) is 0 Å². The van der Waals surface area contributed by atoms with Crippen LogP contribution in [0.5, 0.6) is 5.75 Å². The van der Waals surface area contributed by atoms with Crippen LogP contribution in [-0.4, -0.2) is 12.5 Å². The number of carbonyl (C=O) groups is 1. The smallest absolute Gasteiger partial charge is 0.248 e. The highest BCUT2D eigenvalue weighted by Crippen LogP contribution is 2.17. The van der Waals surface area contributed by atoms with Crippen molar-refractivity contribution in [3.05, 3.63) is 76.2 Å². The van der Waals surface area contributed by atoms with Crippen LogP contribution in [0.2, 0.25) is 0 Å². The summed E-state index contributed by atoms with van der Waals surface area (Å²) in [5.74, 6) is 0.455. The molecule has 0 aliphatic carbocycles. The maximum absolute atomic E-state index is 12.6. The zero-order valence-electron chi connectivity index (χ0n) is 17.4. The third kappa shape index (κ3) is 5.83. The maximum Gasteiger partial charge on any atom is 0.248 e. The van der Waals surface area contributed by atoms with Gasteiger partial charge in [0.1, 0.15) is 17.6 Å². The van der Waals surface area contributed by atoms with Gasteiger partial charge in [-0.25, -0.2) is 0 Å². The number of carbonyl (C=O) groups excluding carboxylic acids is 1. The molecule has 0 spiro atoms. The molecule has 1 N–H and O–H groups in total. The van der Waals surface area contributed by atoms with Crippen molar-refractivity contribution in [1.82, 2.24) is 0 Å². The third-order valence-corrected chi connectivity index (χ3v) is 4.76. The second-order valence-electron chi connectivity index (χ2n) is 7.28. The second-order valence-corrected chi connectivity index (χ2v) is 7.28. The molecule has 0 saturated carbocycles. The first-order chi connectivity index (χ1) is 14.6. The van der Waals surface area contributed by atoms with Gasteiger partial charge >= 0.3 is 0 Å². The zero-order valence-corrected chi connectivity index (χ0v) is 17.4. The largest absolute Gasteiger partial charge is 0.494 e. The van der Waals surface area contributed by atoms with E-state index >= 15 is 0 Å². The normalized spacial score (nSPS) is 11.1. The molecule has 0 unspecified atom stereocenters. The second kappa shape index (κ2) is 10.4. The van der Waals surface area contributed by atoms with Crippen molar-refractivity contribution in [2.45, 2.75) is 39.5 Å². The van der Waals surface area contributed by atoms with Crippen LogP contribution >= 0.6 is 0 Å². The van der Waals surface area contributed by atoms with E-state index in [4.69, 9.17) is 9.15 Å². The molecule has 3 rings (SSSR count). The van der Waals surface area contributed by atoms with Crippen LogP contribution in [0.4, 0.5) is 5.69 Å². The fraction of sp³-hybridized carbons (Fsp3) is 0.280. The van der Waals surface area contributed by atoms with Crippen molar-refractivity contribution in [3.63, 3.8) is 0 Å². The summed E-state index contributed by atoms with van der Waals surface area (Å²) < 4.78 is 11.2. The number of hydrogen-bond donors (Lipinski definition) is 1. The van der Waals surface area contributed by atoms with E-state index in [1.165, 1.54) is 37.7 Å². The molecule has 3 aromatic rings. The van der Waals surface area contributed by atoms with Gasteiger partial charge in [0.05, 0.1) is 17.6 Å². The average molecular weight is 405 g/mol. The van der Waals surface area contributed by atoms with Crippen molar-refractivity contribution in [1.29, 1.82) is 0 Å². The van der Waals surface area contributed by atoms with Crippen LogP contribution in [0.1, 0.15) is 43.7 Å². The Hall–Kier alpha value is -3.34. The highest BCUT2D eigenvalue weighted by molar-refractivity contribution is 6.02. The molecular formula is C25H27NO4. The lowest BCUT2D eigenvalue weighted by Gasteiger charge is -2.07. The van der Waals surface area contributed by atoms with Gasteiger partial charge in [-0.15, -0.1) is 0 Å². The van der Waals surface area contributed by atoms with Crippen LogP contribution in [0, 0.1) is 6.92 Å². The summed E-state index contributed by atoms with van der Waals surface area (Å²) in [6, 6.07) is 12.7. The molecule has 2 aromatic carbocycles. The Morgan fingerprint density at radius 3 is 2.67 bits per heavy atom. The fourth-order valence-electron chi connectivity index (χ4n) is 3.08. The number of ether oxygens (including phenoxy) is 1. The van der Waals surface area contributed by atoms with Gasteiger partial charge in [0.25, 0.3) is 0 Å². The van der Waals surface area contributed by atoms with E-state index in [1.807, 2.05) is 25.1 Å². The molecule has 5 heteroatoms. The number of rotatable bonds is 9. The van der Waals surface area contributed by atoms with Crippen LogP contribution in [0.15, 0.2) is 64.0 Å². The van der Waals surface area contributed by atoms with Gasteiger partial charge in [-0.1, -0.05) is 37.8 Å². The van der Waals surface area contributed by atoms with Crippen LogP contribution in [0.3, 0.4) is 0 Å². The number of amides is 1. The topological polar surface area (TPSA) is 68.5 Å². The van der Waals surface area contributed by atoms with Gasteiger partial charge < -0.3 is 14.5 Å². The van der Waals surface area contributed by atoms with E-state index < -0.39 is 0 Å². The number of nitrogens with one attached hydrogen (secondary N) is 1. The first-order valence-corrected chi connectivity index (χ1v) is 10.3. The molecule has 0 bridgehead atoms. The molecule has 0 aliphatic heterocycles. The molecule has 1 heterocycles. The number of fused-ring (bicyclic) bond motifs is 1. The molecule has 5 nitrogen and oxygen atoms in total. The van der Waals surface area contributed by atoms with Crippen LogP contribution < -0.4 is 15.5 Å². The van der Waals surface area contributed by atoms with Crippen LogP contribution in [0.25, 0.3) is 17.0 Å². The summed E-state index contributed by atoms with van der Waals surface area (Å²) in [5.41, 5.74) is 2.32. The summed E-state index contributed by atoms with van der Waals surface area (Å²) in [5, 5.41) is 3.28. The first-order valence-electron chi connectivity index (χ1n) is 10.3. The Bertz CT molecular complexity index is 1080. The van der Waals surface area contributed by atoms with E-state index in [-0.39, 0.29) is 11.3 Å². The van der Waals surface area contributed by atoms with Gasteiger partial charge in [-0.3, -0.25) is 9.59 Å². The average Bonchev–Trinajstić information content (AvgIpc) is 2.75. The summed E-state index contributed by atoms with van der Waals surface area (Å²) in [4.78, 5) is 24.8. The molecule has 0 saturated heterocycles. The summed E-state index contributed by atoms with van der Waals surface area (Å²) in [6.07, 6.45) is 8.81. The molecule has 0 radical (unpaired) electrons. The minimum atomic E-state index is -0.327. The van der Waals surface area contributed by atoms with Crippen LogP contribution in [-0.2, 0) is 4.79 Å². The van der Waals surface area contributed by atoms with E-state index in [0.717, 1.165) is 17.7 Å². The van der Waals surface area contributed by atoms with E-state index in [1.54, 1.807) is 24.3 Å². The lowest BCUT2D eigenvalue weighted by atomic mass is 10.1. The quantitative estimate of drug-likeness (QED) is 0.366. The zero-order chi connectivity index (χ0) is 21.3. The first kappa shape index (κ1) is 21.4. The Labute approximate surface area is 176 Å². The molecule has 0 fully saturated rings. The number of hydrogen-bond acceptors (Lipinski definition) is 4. The Kier molecular flexibility index (Phi) is 7.44. The van der Waals surface area contributed by atoms with Gasteiger partial charge in [0.15, 0.2) is 5.43 Å². The van der Waals surface area contributed by atoms with Crippen molar-refractivity contribution in [3.8, 4) is 5.75 Å². The third-order valence-electron chi connectivity index (χ3n) is 4.76. The standard InChI is InChI=1S/C25H27NO4/c1-3-4-5-6-15-29-21-11-9-20(10-12-21)26-24(27)14-8-19-17-30-23-13-7-18(2)16-22(23)25(19)28/h7-14,16-17H,3-6,15H2,1-2H3,(H,26,27)/b14-8+. The summed E-state index contributed by atoms with van der Waals surface area (Å²) in [6.45, 7) is 4.79. The molecule has 1 aromatic heterocycles. The maximum atomic E-state index is 12.6. The van der Waals surface area contributed by atoms with Gasteiger partial charge in [-0.05, 0) is 55.8 Å². The molecule has 0 aliphatic rings. The predicted molar refractivity (Wildman–Crippen MR) is 121 cm³/mol. The lowest BCUT2D eigenvalue weighted by Crippen LogP contribution is -2.09. The Balaban J connectivity index is 1.58. The summed E-state index contributed by atoms with van der Waals surface area (Å²) in [7, 11) is 0. The van der Waals surface area contributed by atoms with E-state index in [0.29, 0.717) is 28.8 Å². The lowest BCUT2D eigenvalue weighted by molar-refractivity contribution is -0.111. The fourth-order valence-corrected chi connectivity index (χ4v) is 3.08. The highest BCUT2D eigenvalue weighted by atomic mass is 16.5. The monoisotopic (exact) mass is 405 g/mol. The minimum absolute atomic E-state index is 0.163. The minimum Gasteiger partial charge on any atom is -0.494 e. The van der Waals surface area contributed by atoms with Crippen molar-refractivity contribution in [2.24, 2.45) is 0 Å². The molecule has 156 valence electrons.